The van der Waals surface area contributed by atoms with Crippen LogP contribution in [0.5, 0.6) is 5.75 Å². The molecule has 1 aromatic carbocycles. The van der Waals surface area contributed by atoms with E-state index < -0.39 is 5.97 Å². The van der Waals surface area contributed by atoms with Gasteiger partial charge in [0.05, 0.1) is 13.0 Å². The fraction of sp³-hybridized carbons (Fsp3) is 0.588. The van der Waals surface area contributed by atoms with E-state index in [1.165, 1.54) is 18.4 Å². The highest BCUT2D eigenvalue weighted by Crippen LogP contribution is 2.27. The number of carboxylic acids is 1. The molecular weight excluding hydrogens is 266 g/mol. The summed E-state index contributed by atoms with van der Waals surface area (Å²) in [6.07, 6.45) is 4.75. The van der Waals surface area contributed by atoms with Crippen molar-refractivity contribution in [3.8, 4) is 5.75 Å². The summed E-state index contributed by atoms with van der Waals surface area (Å²) in [5, 5.41) is 8.78. The molecule has 4 heteroatoms. The minimum absolute atomic E-state index is 0.246. The number of benzene rings is 1. The molecule has 2 rings (SSSR count). The Kier molecular flexibility index (Phi) is 6.05. The van der Waals surface area contributed by atoms with Crippen LogP contribution in [-0.2, 0) is 4.79 Å². The zero-order valence-corrected chi connectivity index (χ0v) is 12.8. The van der Waals surface area contributed by atoms with Crippen molar-refractivity contribution in [2.24, 2.45) is 0 Å². The van der Waals surface area contributed by atoms with E-state index in [2.05, 4.69) is 17.9 Å². The van der Waals surface area contributed by atoms with Crippen molar-refractivity contribution in [3.05, 3.63) is 29.8 Å². The number of unbranched alkanes of at least 4 members (excludes halogenated alkanes) is 1. The van der Waals surface area contributed by atoms with Gasteiger partial charge in [0, 0.05) is 12.6 Å². The van der Waals surface area contributed by atoms with Crippen LogP contribution in [0.1, 0.15) is 37.7 Å². The van der Waals surface area contributed by atoms with Gasteiger partial charge in [0.25, 0.3) is 0 Å². The molecule has 0 amide bonds. The van der Waals surface area contributed by atoms with Crippen LogP contribution in [0.3, 0.4) is 0 Å². The lowest BCUT2D eigenvalue weighted by molar-refractivity contribution is -0.137. The Morgan fingerprint density at radius 2 is 2.05 bits per heavy atom. The molecule has 0 atom stereocenters. The molecule has 1 aliphatic carbocycles. The molecule has 1 aromatic rings. The molecule has 4 nitrogen and oxygen atoms in total. The Morgan fingerprint density at radius 1 is 1.29 bits per heavy atom. The van der Waals surface area contributed by atoms with E-state index in [9.17, 15) is 4.79 Å². The van der Waals surface area contributed by atoms with Gasteiger partial charge in [-0.1, -0.05) is 18.2 Å². The highest BCUT2D eigenvalue weighted by atomic mass is 16.5. The molecule has 0 aliphatic heterocycles. The molecule has 0 aromatic heterocycles. The molecule has 1 aliphatic rings. The number of para-hydroxylation sites is 1. The molecule has 0 unspecified atom stereocenters. The maximum atomic E-state index is 10.7. The first-order chi connectivity index (χ1) is 10.2. The number of ether oxygens (including phenoxy) is 1. The number of aryl methyl sites for hydroxylation is 1. The van der Waals surface area contributed by atoms with Crippen molar-refractivity contribution in [1.29, 1.82) is 0 Å². The standard InChI is InChI=1S/C17H25NO3/c1-14-6-2-3-7-16(14)21-13-5-4-11-18(15-8-9-15)12-10-17(19)20/h2-3,6-7,15H,4-5,8-13H2,1H3,(H,19,20). The number of hydrogen-bond acceptors (Lipinski definition) is 3. The van der Waals surface area contributed by atoms with Crippen molar-refractivity contribution in [1.82, 2.24) is 4.90 Å². The highest BCUT2D eigenvalue weighted by molar-refractivity contribution is 5.66. The maximum Gasteiger partial charge on any atom is 0.304 e. The topological polar surface area (TPSA) is 49.8 Å². The lowest BCUT2D eigenvalue weighted by Crippen LogP contribution is -2.29. The summed E-state index contributed by atoms with van der Waals surface area (Å²) in [5.74, 6) is 0.256. The van der Waals surface area contributed by atoms with Gasteiger partial charge >= 0.3 is 5.97 Å². The lowest BCUT2D eigenvalue weighted by Gasteiger charge is -2.21. The van der Waals surface area contributed by atoms with Gasteiger partial charge in [-0.3, -0.25) is 9.69 Å². The maximum absolute atomic E-state index is 10.7. The zero-order valence-electron chi connectivity index (χ0n) is 12.8. The number of aliphatic carboxylic acids is 1. The Hall–Kier alpha value is -1.55. The summed E-state index contributed by atoms with van der Waals surface area (Å²) in [7, 11) is 0. The molecule has 0 bridgehead atoms. The quantitative estimate of drug-likeness (QED) is 0.673. The highest BCUT2D eigenvalue weighted by Gasteiger charge is 2.28. The van der Waals surface area contributed by atoms with Crippen LogP contribution in [0.4, 0.5) is 0 Å². The molecule has 0 saturated heterocycles. The Morgan fingerprint density at radius 3 is 2.71 bits per heavy atom. The molecule has 21 heavy (non-hydrogen) atoms. The van der Waals surface area contributed by atoms with Crippen molar-refractivity contribution in [2.45, 2.75) is 45.1 Å². The van der Waals surface area contributed by atoms with Crippen LogP contribution in [0, 0.1) is 6.92 Å². The first-order valence-corrected chi connectivity index (χ1v) is 7.81. The summed E-state index contributed by atoms with van der Waals surface area (Å²) < 4.78 is 5.78. The van der Waals surface area contributed by atoms with E-state index in [4.69, 9.17) is 9.84 Å². The number of rotatable bonds is 10. The summed E-state index contributed by atoms with van der Waals surface area (Å²) in [5.41, 5.74) is 1.17. The second-order valence-corrected chi connectivity index (χ2v) is 5.73. The van der Waals surface area contributed by atoms with Gasteiger partial charge < -0.3 is 9.84 Å². The third kappa shape index (κ3) is 5.76. The second kappa shape index (κ2) is 8.03. The van der Waals surface area contributed by atoms with Gasteiger partial charge in [0.2, 0.25) is 0 Å². The molecule has 116 valence electrons. The first-order valence-electron chi connectivity index (χ1n) is 7.81. The van der Waals surface area contributed by atoms with Gasteiger partial charge in [-0.15, -0.1) is 0 Å². The predicted octanol–water partition coefficient (Wildman–Crippen LogP) is 3.09. The van der Waals surface area contributed by atoms with E-state index >= 15 is 0 Å². The van der Waals surface area contributed by atoms with E-state index in [-0.39, 0.29) is 6.42 Å². The lowest BCUT2D eigenvalue weighted by atomic mass is 10.2. The normalized spacial score (nSPS) is 14.4. The molecule has 0 heterocycles. The average molecular weight is 291 g/mol. The third-order valence-corrected chi connectivity index (χ3v) is 3.87. The fourth-order valence-electron chi connectivity index (χ4n) is 2.47. The Labute approximate surface area is 126 Å². The Bertz CT molecular complexity index is 457. The molecule has 0 spiro atoms. The van der Waals surface area contributed by atoms with Crippen LogP contribution in [0.25, 0.3) is 0 Å². The van der Waals surface area contributed by atoms with Crippen molar-refractivity contribution >= 4 is 5.97 Å². The fourth-order valence-corrected chi connectivity index (χ4v) is 2.47. The number of carboxylic acid groups (broad SMARTS) is 1. The molecule has 1 fully saturated rings. The van der Waals surface area contributed by atoms with Gasteiger partial charge in [-0.25, -0.2) is 0 Å². The van der Waals surface area contributed by atoms with E-state index in [0.717, 1.165) is 31.7 Å². The monoisotopic (exact) mass is 291 g/mol. The largest absolute Gasteiger partial charge is 0.493 e. The average Bonchev–Trinajstić information content (AvgIpc) is 3.28. The Balaban J connectivity index is 1.61. The number of carbonyl (C=O) groups is 1. The second-order valence-electron chi connectivity index (χ2n) is 5.73. The van der Waals surface area contributed by atoms with E-state index in [0.29, 0.717) is 12.6 Å². The van der Waals surface area contributed by atoms with Crippen LogP contribution in [0.15, 0.2) is 24.3 Å². The molecular formula is C17H25NO3. The van der Waals surface area contributed by atoms with Crippen molar-refractivity contribution in [2.75, 3.05) is 19.7 Å². The number of hydrogen-bond donors (Lipinski definition) is 1. The minimum atomic E-state index is -0.705. The van der Waals surface area contributed by atoms with Gasteiger partial charge in [0.1, 0.15) is 5.75 Å². The zero-order chi connectivity index (χ0) is 15.1. The van der Waals surface area contributed by atoms with Crippen molar-refractivity contribution in [3.63, 3.8) is 0 Å². The van der Waals surface area contributed by atoms with Crippen LogP contribution >= 0.6 is 0 Å². The van der Waals surface area contributed by atoms with Crippen LogP contribution < -0.4 is 4.74 Å². The molecule has 1 N–H and O–H groups in total. The summed E-state index contributed by atoms with van der Waals surface area (Å²) in [4.78, 5) is 13.0. The predicted molar refractivity (Wildman–Crippen MR) is 82.8 cm³/mol. The van der Waals surface area contributed by atoms with Crippen LogP contribution in [0.2, 0.25) is 0 Å². The van der Waals surface area contributed by atoms with E-state index in [1.54, 1.807) is 0 Å². The van der Waals surface area contributed by atoms with Gasteiger partial charge in [-0.2, -0.15) is 0 Å². The smallest absolute Gasteiger partial charge is 0.304 e. The van der Waals surface area contributed by atoms with Gasteiger partial charge in [-0.05, 0) is 50.8 Å². The van der Waals surface area contributed by atoms with Gasteiger partial charge in [0.15, 0.2) is 0 Å². The number of nitrogens with zero attached hydrogens (tertiary/aromatic N) is 1. The first kappa shape index (κ1) is 15.8. The molecule has 0 radical (unpaired) electrons. The summed E-state index contributed by atoms with van der Waals surface area (Å²) >= 11 is 0. The summed E-state index contributed by atoms with van der Waals surface area (Å²) in [6, 6.07) is 8.68. The SMILES string of the molecule is Cc1ccccc1OCCCCN(CCC(=O)O)C1CC1. The van der Waals surface area contributed by atoms with Crippen molar-refractivity contribution < 1.29 is 14.6 Å². The third-order valence-electron chi connectivity index (χ3n) is 3.87. The minimum Gasteiger partial charge on any atom is -0.493 e. The molecule has 1 saturated carbocycles. The summed E-state index contributed by atoms with van der Waals surface area (Å²) in [6.45, 7) is 4.44. The van der Waals surface area contributed by atoms with E-state index in [1.807, 2.05) is 18.2 Å². The van der Waals surface area contributed by atoms with Crippen LogP contribution in [-0.4, -0.2) is 41.7 Å².